The summed E-state index contributed by atoms with van der Waals surface area (Å²) in [6.07, 6.45) is -0.563. The topological polar surface area (TPSA) is 72.5 Å². The Kier molecular flexibility index (Phi) is 5.42. The van der Waals surface area contributed by atoms with Crippen LogP contribution in [0.4, 0.5) is 8.78 Å². The zero-order chi connectivity index (χ0) is 18.9. The molecule has 25 heavy (non-hydrogen) atoms. The molecule has 0 unspecified atom stereocenters. The van der Waals surface area contributed by atoms with Crippen molar-refractivity contribution >= 4 is 5.97 Å². The molecule has 3 N–H and O–H groups in total. The first kappa shape index (κ1) is 18.9. The highest BCUT2D eigenvalue weighted by molar-refractivity contribution is 5.75. The molecular formula is C19H21F2NO3. The van der Waals surface area contributed by atoms with Gasteiger partial charge in [0.2, 0.25) is 0 Å². The number of aliphatic carboxylic acids is 1. The van der Waals surface area contributed by atoms with Crippen LogP contribution in [0.3, 0.4) is 0 Å². The molecule has 6 heteroatoms. The zero-order valence-corrected chi connectivity index (χ0v) is 14.6. The summed E-state index contributed by atoms with van der Waals surface area (Å²) in [7, 11) is 1.52. The maximum Gasteiger partial charge on any atom is 0.305 e. The van der Waals surface area contributed by atoms with Crippen LogP contribution in [-0.2, 0) is 4.79 Å². The summed E-state index contributed by atoms with van der Waals surface area (Å²) in [6, 6.07) is 3.70. The van der Waals surface area contributed by atoms with E-state index in [1.54, 1.807) is 19.1 Å². The second kappa shape index (κ2) is 7.19. The van der Waals surface area contributed by atoms with Gasteiger partial charge in [-0.2, -0.15) is 0 Å². The Labute approximate surface area is 145 Å². The second-order valence-corrected chi connectivity index (χ2v) is 6.07. The van der Waals surface area contributed by atoms with Gasteiger partial charge in [0.1, 0.15) is 17.4 Å². The van der Waals surface area contributed by atoms with Gasteiger partial charge in [-0.3, -0.25) is 4.79 Å². The fraction of sp³-hybridized carbons (Fsp3) is 0.316. The number of hydrogen-bond acceptors (Lipinski definition) is 3. The van der Waals surface area contributed by atoms with Crippen LogP contribution >= 0.6 is 0 Å². The van der Waals surface area contributed by atoms with Gasteiger partial charge in [-0.15, -0.1) is 0 Å². The molecule has 0 spiro atoms. The zero-order valence-electron chi connectivity index (χ0n) is 14.6. The fourth-order valence-corrected chi connectivity index (χ4v) is 3.06. The molecule has 0 aliphatic heterocycles. The summed E-state index contributed by atoms with van der Waals surface area (Å²) in [5.74, 6) is -2.29. The number of carboxylic acid groups (broad SMARTS) is 1. The highest BCUT2D eigenvalue weighted by atomic mass is 19.1. The first-order valence-corrected chi connectivity index (χ1v) is 7.79. The molecule has 0 radical (unpaired) electrons. The van der Waals surface area contributed by atoms with E-state index in [2.05, 4.69) is 0 Å². The molecule has 0 heterocycles. The smallest absolute Gasteiger partial charge is 0.305 e. The van der Waals surface area contributed by atoms with Crippen molar-refractivity contribution in [2.45, 2.75) is 33.2 Å². The van der Waals surface area contributed by atoms with Crippen LogP contribution in [0.15, 0.2) is 18.2 Å². The van der Waals surface area contributed by atoms with Gasteiger partial charge in [0.05, 0.1) is 13.5 Å². The van der Waals surface area contributed by atoms with Crippen molar-refractivity contribution in [3.8, 4) is 16.9 Å². The molecule has 0 fully saturated rings. The minimum Gasteiger partial charge on any atom is -0.496 e. The summed E-state index contributed by atoms with van der Waals surface area (Å²) < 4.78 is 34.9. The molecule has 2 rings (SSSR count). The van der Waals surface area contributed by atoms with Crippen molar-refractivity contribution in [2.24, 2.45) is 5.73 Å². The van der Waals surface area contributed by atoms with E-state index in [0.717, 1.165) is 5.56 Å². The number of methoxy groups -OCH3 is 1. The second-order valence-electron chi connectivity index (χ2n) is 6.07. The number of benzene rings is 2. The molecule has 1 atom stereocenters. The van der Waals surface area contributed by atoms with Crippen LogP contribution in [0.25, 0.3) is 11.1 Å². The normalized spacial score (nSPS) is 12.1. The van der Waals surface area contributed by atoms with Crippen LogP contribution < -0.4 is 10.5 Å². The predicted molar refractivity (Wildman–Crippen MR) is 91.7 cm³/mol. The van der Waals surface area contributed by atoms with E-state index < -0.39 is 35.6 Å². The third kappa shape index (κ3) is 3.49. The third-order valence-electron chi connectivity index (χ3n) is 4.29. The lowest BCUT2D eigenvalue weighted by molar-refractivity contribution is -0.137. The largest absolute Gasteiger partial charge is 0.496 e. The van der Waals surface area contributed by atoms with Crippen LogP contribution in [0.1, 0.15) is 34.7 Å². The third-order valence-corrected chi connectivity index (χ3v) is 4.29. The summed E-state index contributed by atoms with van der Waals surface area (Å²) in [5.41, 5.74) is 7.84. The number of aryl methyl sites for hydroxylation is 2. The van der Waals surface area contributed by atoms with Gasteiger partial charge in [-0.25, -0.2) is 8.78 Å². The van der Waals surface area contributed by atoms with Gasteiger partial charge in [-0.1, -0.05) is 6.07 Å². The Balaban J connectivity index is 2.77. The van der Waals surface area contributed by atoms with Crippen molar-refractivity contribution in [3.63, 3.8) is 0 Å². The molecule has 2 aromatic carbocycles. The average Bonchev–Trinajstić information content (AvgIpc) is 2.52. The number of nitrogens with two attached hydrogens (primary N) is 1. The van der Waals surface area contributed by atoms with Gasteiger partial charge in [0.15, 0.2) is 0 Å². The summed E-state index contributed by atoms with van der Waals surface area (Å²) in [5, 5.41) is 8.90. The average molecular weight is 349 g/mol. The number of carboxylic acids is 1. The Morgan fingerprint density at radius 3 is 2.40 bits per heavy atom. The minimum atomic E-state index is -1.28. The van der Waals surface area contributed by atoms with E-state index in [9.17, 15) is 9.18 Å². The van der Waals surface area contributed by atoms with E-state index in [0.29, 0.717) is 16.9 Å². The van der Waals surface area contributed by atoms with E-state index in [1.165, 1.54) is 20.1 Å². The molecule has 0 amide bonds. The maximum absolute atomic E-state index is 15.1. The molecule has 0 aliphatic rings. The van der Waals surface area contributed by atoms with Crippen LogP contribution in [-0.4, -0.2) is 18.2 Å². The van der Waals surface area contributed by atoms with Crippen LogP contribution in [0, 0.1) is 32.4 Å². The van der Waals surface area contributed by atoms with Gasteiger partial charge in [0, 0.05) is 17.2 Å². The molecule has 2 aromatic rings. The quantitative estimate of drug-likeness (QED) is 0.854. The van der Waals surface area contributed by atoms with Gasteiger partial charge in [0.25, 0.3) is 0 Å². The monoisotopic (exact) mass is 349 g/mol. The lowest BCUT2D eigenvalue weighted by Gasteiger charge is -2.19. The predicted octanol–water partition coefficient (Wildman–Crippen LogP) is 4.04. The number of rotatable bonds is 5. The number of halogens is 2. The summed E-state index contributed by atoms with van der Waals surface area (Å²) in [6.45, 7) is 5.10. The highest BCUT2D eigenvalue weighted by Crippen LogP contribution is 2.38. The number of hydrogen-bond donors (Lipinski definition) is 2. The molecule has 0 saturated heterocycles. The Hall–Kier alpha value is -2.47. The van der Waals surface area contributed by atoms with E-state index in [-0.39, 0.29) is 11.1 Å². The summed E-state index contributed by atoms with van der Waals surface area (Å²) >= 11 is 0. The van der Waals surface area contributed by atoms with Crippen molar-refractivity contribution < 1.29 is 23.4 Å². The fourth-order valence-electron chi connectivity index (χ4n) is 3.06. The molecular weight excluding hydrogens is 328 g/mol. The van der Waals surface area contributed by atoms with Crippen LogP contribution in [0.2, 0.25) is 0 Å². The number of ether oxygens (including phenoxy) is 1. The van der Waals surface area contributed by atoms with Crippen molar-refractivity contribution in [2.75, 3.05) is 7.11 Å². The minimum absolute atomic E-state index is 0.184. The van der Waals surface area contributed by atoms with E-state index in [4.69, 9.17) is 15.6 Å². The molecule has 0 bridgehead atoms. The lowest BCUT2D eigenvalue weighted by Crippen LogP contribution is -2.19. The van der Waals surface area contributed by atoms with Gasteiger partial charge >= 0.3 is 5.97 Å². The first-order chi connectivity index (χ1) is 11.7. The van der Waals surface area contributed by atoms with Crippen LogP contribution in [0.5, 0.6) is 5.75 Å². The van der Waals surface area contributed by atoms with E-state index >= 15 is 4.39 Å². The van der Waals surface area contributed by atoms with Crippen molar-refractivity contribution in [1.82, 2.24) is 0 Å². The molecule has 0 saturated carbocycles. The Bertz CT molecular complexity index is 834. The molecule has 134 valence electrons. The number of carbonyl (C=O) groups is 1. The van der Waals surface area contributed by atoms with Gasteiger partial charge < -0.3 is 15.6 Å². The maximum atomic E-state index is 15.1. The highest BCUT2D eigenvalue weighted by Gasteiger charge is 2.25. The van der Waals surface area contributed by atoms with E-state index in [1.807, 2.05) is 6.92 Å². The first-order valence-electron chi connectivity index (χ1n) is 7.79. The SMILES string of the molecule is COc1ccc(C)c(-c2cc(C)c(F)c([C@@H](N)CC(=O)O)c2F)c1C. The standard InChI is InChI=1S/C19H21F2NO3/c1-9-5-6-14(25-4)11(3)16(9)12-7-10(2)18(20)17(19(12)21)13(22)8-15(23)24/h5-7,13H,8,22H2,1-4H3,(H,23,24)/t13-/m0/s1. The molecule has 0 aromatic heterocycles. The summed E-state index contributed by atoms with van der Waals surface area (Å²) in [4.78, 5) is 10.9. The Morgan fingerprint density at radius 2 is 1.84 bits per heavy atom. The molecule has 4 nitrogen and oxygen atoms in total. The van der Waals surface area contributed by atoms with Crippen molar-refractivity contribution in [3.05, 3.63) is 52.1 Å². The lowest BCUT2D eigenvalue weighted by atomic mass is 9.89. The molecule has 0 aliphatic carbocycles. The Morgan fingerprint density at radius 1 is 1.20 bits per heavy atom. The van der Waals surface area contributed by atoms with Gasteiger partial charge in [-0.05, 0) is 55.2 Å². The van der Waals surface area contributed by atoms with Crippen molar-refractivity contribution in [1.29, 1.82) is 0 Å².